The maximum atomic E-state index is 12.9. The topological polar surface area (TPSA) is 79.8 Å². The van der Waals surface area contributed by atoms with Gasteiger partial charge in [0.1, 0.15) is 18.2 Å². The molecule has 0 bridgehead atoms. The third-order valence-electron chi connectivity index (χ3n) is 3.17. The number of hydrazone groups is 1. The number of benzene rings is 2. The number of halogens is 1. The molecule has 26 heavy (non-hydrogen) atoms. The Morgan fingerprint density at radius 2 is 1.92 bits per heavy atom. The molecule has 0 heterocycles. The summed E-state index contributed by atoms with van der Waals surface area (Å²) in [6.45, 7) is 3.93. The fraction of sp³-hybridized carbons (Fsp3) is 0.105. The molecule has 6 nitrogen and oxygen atoms in total. The molecule has 2 N–H and O–H groups in total. The molecule has 0 unspecified atom stereocenters. The highest BCUT2D eigenvalue weighted by atomic mass is 19.1. The van der Waals surface area contributed by atoms with Crippen molar-refractivity contribution in [3.8, 4) is 5.75 Å². The Kier molecular flexibility index (Phi) is 7.05. The number of amides is 2. The van der Waals surface area contributed by atoms with E-state index >= 15 is 0 Å². The second kappa shape index (κ2) is 9.73. The summed E-state index contributed by atoms with van der Waals surface area (Å²) in [5.74, 6) is -1.37. The minimum atomic E-state index is -0.869. The van der Waals surface area contributed by atoms with Crippen LogP contribution >= 0.6 is 0 Å². The molecular formula is C19H18FN3O3. The van der Waals surface area contributed by atoms with E-state index in [1.807, 2.05) is 0 Å². The lowest BCUT2D eigenvalue weighted by Crippen LogP contribution is -2.37. The lowest BCUT2D eigenvalue weighted by molar-refractivity contribution is -0.139. The van der Waals surface area contributed by atoms with E-state index in [1.165, 1.54) is 24.4 Å². The van der Waals surface area contributed by atoms with Gasteiger partial charge in [0.25, 0.3) is 0 Å². The zero-order chi connectivity index (χ0) is 18.8. The number of nitrogens with zero attached hydrogens (tertiary/aromatic N) is 1. The average molecular weight is 355 g/mol. The highest BCUT2D eigenvalue weighted by Gasteiger charge is 2.10. The lowest BCUT2D eigenvalue weighted by Gasteiger charge is -2.07. The molecule has 134 valence electrons. The van der Waals surface area contributed by atoms with Crippen LogP contribution < -0.4 is 15.5 Å². The summed E-state index contributed by atoms with van der Waals surface area (Å²) in [6.07, 6.45) is 2.86. The molecule has 0 radical (unpaired) electrons. The van der Waals surface area contributed by atoms with E-state index in [1.54, 1.807) is 36.4 Å². The Morgan fingerprint density at radius 3 is 2.65 bits per heavy atom. The van der Waals surface area contributed by atoms with Crippen molar-refractivity contribution in [2.45, 2.75) is 6.61 Å². The van der Waals surface area contributed by atoms with E-state index in [0.717, 1.165) is 5.56 Å². The van der Waals surface area contributed by atoms with Crippen molar-refractivity contribution in [2.24, 2.45) is 5.10 Å². The summed E-state index contributed by atoms with van der Waals surface area (Å²) in [7, 11) is 0. The molecule has 0 aliphatic carbocycles. The van der Waals surface area contributed by atoms with Crippen molar-refractivity contribution >= 4 is 18.0 Å². The van der Waals surface area contributed by atoms with Crippen molar-refractivity contribution in [3.05, 3.63) is 78.1 Å². The number of hydrogen-bond acceptors (Lipinski definition) is 4. The van der Waals surface area contributed by atoms with Gasteiger partial charge < -0.3 is 10.1 Å². The largest absolute Gasteiger partial charge is 0.489 e. The monoisotopic (exact) mass is 355 g/mol. The van der Waals surface area contributed by atoms with Crippen LogP contribution in [0.1, 0.15) is 11.1 Å². The first-order chi connectivity index (χ1) is 12.6. The van der Waals surface area contributed by atoms with E-state index < -0.39 is 11.8 Å². The van der Waals surface area contributed by atoms with E-state index in [2.05, 4.69) is 22.4 Å². The van der Waals surface area contributed by atoms with Crippen molar-refractivity contribution in [2.75, 3.05) is 6.54 Å². The molecule has 0 spiro atoms. The fourth-order valence-corrected chi connectivity index (χ4v) is 1.89. The molecule has 0 saturated carbocycles. The van der Waals surface area contributed by atoms with Crippen LogP contribution in [0, 0.1) is 5.82 Å². The minimum absolute atomic E-state index is 0.198. The standard InChI is InChI=1S/C19H18FN3O3/c1-2-10-21-18(24)19(25)23-22-12-15-4-3-5-17(11-15)26-13-14-6-8-16(20)9-7-14/h2-9,11-12H,1,10,13H2,(H,21,24)(H,23,25)/b22-12-. The van der Waals surface area contributed by atoms with Gasteiger partial charge in [0, 0.05) is 6.54 Å². The second-order valence-electron chi connectivity index (χ2n) is 5.19. The molecule has 2 rings (SSSR count). The van der Waals surface area contributed by atoms with Gasteiger partial charge in [-0.25, -0.2) is 9.82 Å². The van der Waals surface area contributed by atoms with Crippen LogP contribution in [0.4, 0.5) is 4.39 Å². The number of carbonyl (C=O) groups is 2. The van der Waals surface area contributed by atoms with E-state index in [9.17, 15) is 14.0 Å². The van der Waals surface area contributed by atoms with E-state index in [0.29, 0.717) is 17.9 Å². The third-order valence-corrected chi connectivity index (χ3v) is 3.17. The minimum Gasteiger partial charge on any atom is -0.489 e. The summed E-state index contributed by atoms with van der Waals surface area (Å²) in [5, 5.41) is 6.07. The van der Waals surface area contributed by atoms with Crippen molar-refractivity contribution in [1.82, 2.24) is 10.7 Å². The summed E-state index contributed by atoms with van der Waals surface area (Å²) in [5.41, 5.74) is 3.64. The summed E-state index contributed by atoms with van der Waals surface area (Å²) < 4.78 is 18.5. The Balaban J connectivity index is 1.87. The number of carbonyl (C=O) groups excluding carboxylic acids is 2. The zero-order valence-corrected chi connectivity index (χ0v) is 13.9. The first-order valence-corrected chi connectivity index (χ1v) is 7.78. The van der Waals surface area contributed by atoms with Crippen molar-refractivity contribution in [3.63, 3.8) is 0 Å². The SMILES string of the molecule is C=CCNC(=O)C(=O)N/N=C\c1cccc(OCc2ccc(F)cc2)c1. The summed E-state index contributed by atoms with van der Waals surface area (Å²) in [6, 6.07) is 13.0. The Morgan fingerprint density at radius 1 is 1.15 bits per heavy atom. The van der Waals surface area contributed by atoms with E-state index in [-0.39, 0.29) is 12.4 Å². The average Bonchev–Trinajstić information content (AvgIpc) is 2.66. The third kappa shape index (κ3) is 6.20. The molecule has 2 aromatic rings. The molecule has 0 saturated heterocycles. The van der Waals surface area contributed by atoms with Crippen molar-refractivity contribution < 1.29 is 18.7 Å². The highest BCUT2D eigenvalue weighted by Crippen LogP contribution is 2.14. The van der Waals surface area contributed by atoms with Gasteiger partial charge in [-0.3, -0.25) is 9.59 Å². The van der Waals surface area contributed by atoms with Gasteiger partial charge in [0.05, 0.1) is 6.21 Å². The van der Waals surface area contributed by atoms with Crippen LogP contribution in [0.15, 0.2) is 66.3 Å². The molecule has 0 aliphatic heterocycles. The maximum Gasteiger partial charge on any atom is 0.329 e. The molecule has 0 fully saturated rings. The van der Waals surface area contributed by atoms with Gasteiger partial charge in [0.2, 0.25) is 0 Å². The maximum absolute atomic E-state index is 12.9. The summed E-state index contributed by atoms with van der Waals surface area (Å²) >= 11 is 0. The molecule has 0 atom stereocenters. The van der Waals surface area contributed by atoms with Crippen LogP contribution in [0.25, 0.3) is 0 Å². The molecule has 2 aromatic carbocycles. The van der Waals surface area contributed by atoms with E-state index in [4.69, 9.17) is 4.74 Å². The number of hydrogen-bond donors (Lipinski definition) is 2. The van der Waals surface area contributed by atoms with Crippen molar-refractivity contribution in [1.29, 1.82) is 0 Å². The molecule has 7 heteroatoms. The van der Waals surface area contributed by atoms with Gasteiger partial charge in [-0.2, -0.15) is 5.10 Å². The normalized spacial score (nSPS) is 10.3. The van der Waals surface area contributed by atoms with Gasteiger partial charge in [0.15, 0.2) is 0 Å². The highest BCUT2D eigenvalue weighted by molar-refractivity contribution is 6.35. The number of ether oxygens (including phenoxy) is 1. The van der Waals surface area contributed by atoms with Gasteiger partial charge in [-0.1, -0.05) is 30.3 Å². The molecule has 0 aliphatic rings. The fourth-order valence-electron chi connectivity index (χ4n) is 1.89. The lowest BCUT2D eigenvalue weighted by atomic mass is 10.2. The first-order valence-electron chi connectivity index (χ1n) is 7.78. The van der Waals surface area contributed by atoms with Crippen LogP contribution in [0.2, 0.25) is 0 Å². The zero-order valence-electron chi connectivity index (χ0n) is 13.9. The Labute approximate surface area is 150 Å². The Bertz CT molecular complexity index is 804. The van der Waals surface area contributed by atoms with Gasteiger partial charge >= 0.3 is 11.8 Å². The molecule has 0 aromatic heterocycles. The van der Waals surface area contributed by atoms with Gasteiger partial charge in [-0.15, -0.1) is 6.58 Å². The molecular weight excluding hydrogens is 337 g/mol. The molecule has 2 amide bonds. The van der Waals surface area contributed by atoms with Gasteiger partial charge in [-0.05, 0) is 35.4 Å². The predicted molar refractivity (Wildman–Crippen MR) is 96.1 cm³/mol. The quantitative estimate of drug-likeness (QED) is 0.346. The summed E-state index contributed by atoms with van der Waals surface area (Å²) in [4.78, 5) is 22.8. The predicted octanol–water partition coefficient (Wildman–Crippen LogP) is 2.16. The Hall–Kier alpha value is -3.48. The van der Waals surface area contributed by atoms with Crippen LogP contribution in [-0.4, -0.2) is 24.6 Å². The number of nitrogens with one attached hydrogen (secondary N) is 2. The smallest absolute Gasteiger partial charge is 0.329 e. The van der Waals surface area contributed by atoms with Crippen LogP contribution in [-0.2, 0) is 16.2 Å². The second-order valence-corrected chi connectivity index (χ2v) is 5.19. The first kappa shape index (κ1) is 18.9. The van der Waals surface area contributed by atoms with Crippen LogP contribution in [0.3, 0.4) is 0 Å². The van der Waals surface area contributed by atoms with Crippen LogP contribution in [0.5, 0.6) is 5.75 Å². The number of rotatable bonds is 7.